The fourth-order valence-electron chi connectivity index (χ4n) is 7.79. The summed E-state index contributed by atoms with van der Waals surface area (Å²) in [6.45, 7) is 4.66. The number of carbonyl (C=O) groups excluding carboxylic acids is 2. The van der Waals surface area contributed by atoms with E-state index in [4.69, 9.17) is 0 Å². The molecule has 1 heterocycles. The van der Waals surface area contributed by atoms with Crippen LogP contribution in [0.4, 0.5) is 10.1 Å². The van der Waals surface area contributed by atoms with E-state index in [0.717, 1.165) is 38.5 Å². The molecule has 5 heteroatoms. The normalized spacial score (nSPS) is 39.3. The molecular weight excluding hydrogens is 391 g/mol. The van der Waals surface area contributed by atoms with Crippen LogP contribution in [0.1, 0.15) is 58.8 Å². The number of halogens is 1. The summed E-state index contributed by atoms with van der Waals surface area (Å²) in [5.41, 5.74) is 1.51. The number of nitrogens with one attached hydrogen (secondary N) is 1. The van der Waals surface area contributed by atoms with Crippen LogP contribution >= 0.6 is 0 Å². The molecule has 1 aromatic rings. The quantitative estimate of drug-likeness (QED) is 0.694. The number of rotatable bonds is 2. The Morgan fingerprint density at radius 3 is 2.68 bits per heavy atom. The number of benzene rings is 1. The minimum atomic E-state index is -0.381. The van der Waals surface area contributed by atoms with Crippen LogP contribution in [-0.2, 0) is 9.59 Å². The zero-order valence-electron chi connectivity index (χ0n) is 18.8. The van der Waals surface area contributed by atoms with Gasteiger partial charge in [-0.05, 0) is 73.8 Å². The minimum Gasteiger partial charge on any atom is -0.323 e. The lowest BCUT2D eigenvalue weighted by Crippen LogP contribution is -2.54. The smallest absolute Gasteiger partial charge is 0.228 e. The summed E-state index contributed by atoms with van der Waals surface area (Å²) in [7, 11) is 1.93. The Kier molecular flexibility index (Phi) is 4.80. The maximum atomic E-state index is 14.1. The van der Waals surface area contributed by atoms with Gasteiger partial charge in [-0.25, -0.2) is 4.39 Å². The Bertz CT molecular complexity index is 958. The Hall–Kier alpha value is -2.17. The molecule has 3 fully saturated rings. The Balaban J connectivity index is 1.39. The summed E-state index contributed by atoms with van der Waals surface area (Å²) in [5.74, 6) is 1.36. The summed E-state index contributed by atoms with van der Waals surface area (Å²) < 4.78 is 14.1. The second kappa shape index (κ2) is 7.18. The first-order valence-electron chi connectivity index (χ1n) is 11.8. The van der Waals surface area contributed by atoms with Crippen LogP contribution in [0.2, 0.25) is 0 Å². The van der Waals surface area contributed by atoms with Gasteiger partial charge in [0.15, 0.2) is 0 Å². The first kappa shape index (κ1) is 20.7. The maximum Gasteiger partial charge on any atom is 0.228 e. The monoisotopic (exact) mass is 424 g/mol. The van der Waals surface area contributed by atoms with Crippen molar-refractivity contribution in [1.29, 1.82) is 0 Å². The van der Waals surface area contributed by atoms with E-state index in [-0.39, 0.29) is 40.1 Å². The number of para-hydroxylation sites is 1. The molecule has 1 aromatic carbocycles. The van der Waals surface area contributed by atoms with Gasteiger partial charge in [0.2, 0.25) is 11.8 Å². The molecule has 0 radical (unpaired) electrons. The molecule has 2 saturated carbocycles. The number of piperidine rings is 1. The third-order valence-corrected chi connectivity index (χ3v) is 9.47. The molecular formula is C26H33FN2O2. The number of nitrogens with zero attached hydrogens (tertiary/aromatic N) is 1. The summed E-state index contributed by atoms with van der Waals surface area (Å²) in [6.07, 6.45) is 8.92. The van der Waals surface area contributed by atoms with E-state index >= 15 is 0 Å². The summed E-state index contributed by atoms with van der Waals surface area (Å²) in [6, 6.07) is 6.41. The highest BCUT2D eigenvalue weighted by molar-refractivity contribution is 5.93. The van der Waals surface area contributed by atoms with E-state index < -0.39 is 0 Å². The van der Waals surface area contributed by atoms with Crippen LogP contribution in [0.15, 0.2) is 36.0 Å². The molecule has 1 saturated heterocycles. The molecule has 1 aliphatic heterocycles. The SMILES string of the molecule is CN1C(=O)CC[C@@]2(C)C1=CC[C@H]1[C@@H]3CC[C@H](C(=O)Nc4ccccc4F)[C@@]3(C)CC[C@@H]12. The predicted molar refractivity (Wildman–Crippen MR) is 118 cm³/mol. The molecule has 31 heavy (non-hydrogen) atoms. The number of hydrogen-bond donors (Lipinski definition) is 1. The van der Waals surface area contributed by atoms with Crippen molar-refractivity contribution in [3.05, 3.63) is 41.9 Å². The molecule has 0 unspecified atom stereocenters. The third kappa shape index (κ3) is 2.99. The zero-order chi connectivity index (χ0) is 22.0. The standard InChI is InChI=1S/C26H33FN2O2/c1-25-14-12-18-16(8-11-22-26(18,2)15-13-23(30)29(22)3)17(25)9-10-19(25)24(31)28-21-7-5-4-6-20(21)27/h4-7,11,16-19H,8-10,12-15H2,1-3H3,(H,28,31)/t16-,17-,18-,19+,25-,26+/m0/s1. The Morgan fingerprint density at radius 1 is 1.13 bits per heavy atom. The summed E-state index contributed by atoms with van der Waals surface area (Å²) >= 11 is 0. The van der Waals surface area contributed by atoms with Crippen LogP contribution in [0.5, 0.6) is 0 Å². The van der Waals surface area contributed by atoms with Crippen LogP contribution in [0.3, 0.4) is 0 Å². The first-order valence-corrected chi connectivity index (χ1v) is 11.8. The summed E-state index contributed by atoms with van der Waals surface area (Å²) in [5, 5.41) is 2.88. The highest BCUT2D eigenvalue weighted by atomic mass is 19.1. The van der Waals surface area contributed by atoms with Crippen molar-refractivity contribution in [2.24, 2.45) is 34.5 Å². The van der Waals surface area contributed by atoms with Gasteiger partial charge in [-0.3, -0.25) is 9.59 Å². The molecule has 0 bridgehead atoms. The largest absolute Gasteiger partial charge is 0.323 e. The van der Waals surface area contributed by atoms with Crippen molar-refractivity contribution in [2.45, 2.75) is 58.8 Å². The van der Waals surface area contributed by atoms with E-state index in [1.54, 1.807) is 18.2 Å². The lowest BCUT2D eigenvalue weighted by molar-refractivity contribution is -0.137. The van der Waals surface area contributed by atoms with Crippen molar-refractivity contribution >= 4 is 17.5 Å². The Morgan fingerprint density at radius 2 is 1.90 bits per heavy atom. The van der Waals surface area contributed by atoms with Crippen molar-refractivity contribution in [1.82, 2.24) is 4.90 Å². The predicted octanol–water partition coefficient (Wildman–Crippen LogP) is 5.37. The van der Waals surface area contributed by atoms with Crippen LogP contribution < -0.4 is 5.32 Å². The van der Waals surface area contributed by atoms with E-state index in [9.17, 15) is 14.0 Å². The van der Waals surface area contributed by atoms with Gasteiger partial charge in [-0.1, -0.05) is 32.1 Å². The van der Waals surface area contributed by atoms with Gasteiger partial charge >= 0.3 is 0 Å². The Labute approximate surface area is 184 Å². The van der Waals surface area contributed by atoms with Crippen molar-refractivity contribution < 1.29 is 14.0 Å². The van der Waals surface area contributed by atoms with E-state index in [0.29, 0.717) is 24.2 Å². The van der Waals surface area contributed by atoms with Crippen LogP contribution in [0, 0.1) is 40.3 Å². The van der Waals surface area contributed by atoms with Gasteiger partial charge < -0.3 is 10.2 Å². The number of amides is 2. The zero-order valence-corrected chi connectivity index (χ0v) is 18.8. The molecule has 3 aliphatic carbocycles. The average Bonchev–Trinajstić information content (AvgIpc) is 3.10. The van der Waals surface area contributed by atoms with Crippen LogP contribution in [0.25, 0.3) is 0 Å². The van der Waals surface area contributed by atoms with Crippen molar-refractivity contribution in [3.8, 4) is 0 Å². The molecule has 6 atom stereocenters. The van der Waals surface area contributed by atoms with Gasteiger partial charge in [0.1, 0.15) is 5.82 Å². The molecule has 4 nitrogen and oxygen atoms in total. The number of carbonyl (C=O) groups is 2. The molecule has 2 amide bonds. The molecule has 4 aliphatic rings. The van der Waals surface area contributed by atoms with E-state index in [2.05, 4.69) is 25.2 Å². The topological polar surface area (TPSA) is 49.4 Å². The van der Waals surface area contributed by atoms with E-state index in [1.807, 2.05) is 11.9 Å². The van der Waals surface area contributed by atoms with Gasteiger partial charge in [0.25, 0.3) is 0 Å². The molecule has 166 valence electrons. The molecule has 0 aromatic heterocycles. The van der Waals surface area contributed by atoms with Gasteiger partial charge in [-0.2, -0.15) is 0 Å². The number of allylic oxidation sites excluding steroid dienone is 2. The first-order chi connectivity index (χ1) is 14.8. The second-order valence-corrected chi connectivity index (χ2v) is 10.7. The number of likely N-dealkylation sites (tertiary alicyclic amines) is 1. The lowest BCUT2D eigenvalue weighted by Gasteiger charge is -2.58. The van der Waals surface area contributed by atoms with Crippen molar-refractivity contribution in [3.63, 3.8) is 0 Å². The van der Waals surface area contributed by atoms with Gasteiger partial charge in [0.05, 0.1) is 5.69 Å². The van der Waals surface area contributed by atoms with Gasteiger partial charge in [0, 0.05) is 30.5 Å². The molecule has 1 N–H and O–H groups in total. The van der Waals surface area contributed by atoms with Crippen molar-refractivity contribution in [2.75, 3.05) is 12.4 Å². The average molecular weight is 425 g/mol. The highest BCUT2D eigenvalue weighted by Gasteiger charge is 2.60. The fourth-order valence-corrected chi connectivity index (χ4v) is 7.79. The summed E-state index contributed by atoms with van der Waals surface area (Å²) in [4.78, 5) is 27.4. The van der Waals surface area contributed by atoms with Crippen LogP contribution in [-0.4, -0.2) is 23.8 Å². The molecule has 0 spiro atoms. The van der Waals surface area contributed by atoms with E-state index in [1.165, 1.54) is 11.8 Å². The molecule has 5 rings (SSSR count). The van der Waals surface area contributed by atoms with Gasteiger partial charge in [-0.15, -0.1) is 0 Å². The number of hydrogen-bond acceptors (Lipinski definition) is 2. The maximum absolute atomic E-state index is 14.1. The third-order valence-electron chi connectivity index (χ3n) is 9.47. The highest BCUT2D eigenvalue weighted by Crippen LogP contribution is 2.66. The second-order valence-electron chi connectivity index (χ2n) is 10.7. The minimum absolute atomic E-state index is 0.0326. The lowest BCUT2D eigenvalue weighted by atomic mass is 9.49. The number of anilines is 1. The number of fused-ring (bicyclic) bond motifs is 5. The fraction of sp³-hybridized carbons (Fsp3) is 0.615.